The van der Waals surface area contributed by atoms with E-state index in [1.165, 1.54) is 18.2 Å². The predicted octanol–water partition coefficient (Wildman–Crippen LogP) is 4.07. The minimum atomic E-state index is -0.255. The summed E-state index contributed by atoms with van der Waals surface area (Å²) >= 11 is 3.32. The molecule has 0 atom stereocenters. The van der Waals surface area contributed by atoms with Crippen molar-refractivity contribution >= 4 is 21.7 Å². The molecule has 0 radical (unpaired) electrons. The molecule has 0 saturated heterocycles. The molecule has 0 bridgehead atoms. The van der Waals surface area contributed by atoms with Gasteiger partial charge in [0.25, 0.3) is 0 Å². The Kier molecular flexibility index (Phi) is 5.07. The van der Waals surface area contributed by atoms with Crippen LogP contribution in [0.25, 0.3) is 0 Å². The first-order valence-corrected chi connectivity index (χ1v) is 6.89. The summed E-state index contributed by atoms with van der Waals surface area (Å²) in [6.45, 7) is 0.546. The third-order valence-electron chi connectivity index (χ3n) is 2.70. The lowest BCUT2D eigenvalue weighted by Gasteiger charge is -2.01. The molecule has 0 unspecified atom stereocenters. The number of hydrogen-bond donors (Lipinski definition) is 1. The van der Waals surface area contributed by atoms with Gasteiger partial charge in [-0.1, -0.05) is 28.1 Å². The topological polar surface area (TPSA) is 29.1 Å². The summed E-state index contributed by atoms with van der Waals surface area (Å²) in [5.74, 6) is -0.321. The van der Waals surface area contributed by atoms with E-state index in [-0.39, 0.29) is 11.6 Å². The molecular weight excluding hydrogens is 321 g/mol. The summed E-state index contributed by atoms with van der Waals surface area (Å²) in [6.07, 6.45) is 3.08. The minimum Gasteiger partial charge on any atom is -0.387 e. The highest BCUT2D eigenvalue weighted by Gasteiger charge is 2.00. The van der Waals surface area contributed by atoms with Crippen molar-refractivity contribution in [3.8, 4) is 0 Å². The standard InChI is InChI=1S/C16H13BrFNO/c17-14-5-3-13(4-6-14)16(20)9-10-19-11-12-1-7-15(18)8-2-12/h1-10,19H,11H2. The number of rotatable bonds is 5. The van der Waals surface area contributed by atoms with Crippen molar-refractivity contribution in [2.45, 2.75) is 6.54 Å². The summed E-state index contributed by atoms with van der Waals surface area (Å²) in [6, 6.07) is 13.4. The molecule has 0 amide bonds. The molecule has 102 valence electrons. The normalized spacial score (nSPS) is 10.7. The van der Waals surface area contributed by atoms with Crippen molar-refractivity contribution in [2.75, 3.05) is 0 Å². The van der Waals surface area contributed by atoms with Gasteiger partial charge in [0, 0.05) is 28.9 Å². The summed E-state index contributed by atoms with van der Waals surface area (Å²) in [5.41, 5.74) is 1.58. The Morgan fingerprint density at radius 3 is 2.40 bits per heavy atom. The second-order valence-electron chi connectivity index (χ2n) is 4.21. The van der Waals surface area contributed by atoms with Crippen LogP contribution in [0.3, 0.4) is 0 Å². The monoisotopic (exact) mass is 333 g/mol. The molecule has 0 saturated carbocycles. The molecule has 0 aromatic heterocycles. The highest BCUT2D eigenvalue weighted by atomic mass is 79.9. The van der Waals surface area contributed by atoms with E-state index in [4.69, 9.17) is 0 Å². The Hall–Kier alpha value is -1.94. The molecule has 0 fully saturated rings. The molecule has 2 aromatic rings. The molecule has 0 aliphatic heterocycles. The number of carbonyl (C=O) groups is 1. The predicted molar refractivity (Wildman–Crippen MR) is 80.9 cm³/mol. The lowest BCUT2D eigenvalue weighted by Crippen LogP contribution is -2.05. The first-order valence-electron chi connectivity index (χ1n) is 6.09. The fraction of sp³-hybridized carbons (Fsp3) is 0.0625. The van der Waals surface area contributed by atoms with Crippen molar-refractivity contribution in [2.24, 2.45) is 0 Å². The Morgan fingerprint density at radius 2 is 1.75 bits per heavy atom. The highest BCUT2D eigenvalue weighted by Crippen LogP contribution is 2.11. The molecule has 0 spiro atoms. The zero-order valence-electron chi connectivity index (χ0n) is 10.6. The second kappa shape index (κ2) is 7.01. The van der Waals surface area contributed by atoms with Crippen LogP contribution in [0.15, 0.2) is 65.3 Å². The largest absolute Gasteiger partial charge is 0.387 e. The van der Waals surface area contributed by atoms with E-state index in [0.717, 1.165) is 10.0 Å². The molecule has 4 heteroatoms. The summed E-state index contributed by atoms with van der Waals surface area (Å²) in [4.78, 5) is 11.8. The zero-order chi connectivity index (χ0) is 14.4. The maximum absolute atomic E-state index is 12.7. The first-order chi connectivity index (χ1) is 9.65. The highest BCUT2D eigenvalue weighted by molar-refractivity contribution is 9.10. The van der Waals surface area contributed by atoms with E-state index >= 15 is 0 Å². The van der Waals surface area contributed by atoms with E-state index in [1.54, 1.807) is 30.5 Å². The van der Waals surface area contributed by atoms with Gasteiger partial charge in [0.05, 0.1) is 0 Å². The first kappa shape index (κ1) is 14.5. The molecule has 20 heavy (non-hydrogen) atoms. The van der Waals surface area contributed by atoms with Crippen molar-refractivity contribution in [1.29, 1.82) is 0 Å². The van der Waals surface area contributed by atoms with Crippen LogP contribution in [0.2, 0.25) is 0 Å². The van der Waals surface area contributed by atoms with Gasteiger partial charge < -0.3 is 5.32 Å². The zero-order valence-corrected chi connectivity index (χ0v) is 12.2. The maximum Gasteiger partial charge on any atom is 0.187 e. The molecule has 2 aromatic carbocycles. The molecule has 0 aliphatic rings. The van der Waals surface area contributed by atoms with Gasteiger partial charge in [0.2, 0.25) is 0 Å². The second-order valence-corrected chi connectivity index (χ2v) is 5.13. The molecule has 2 nitrogen and oxygen atoms in total. The lowest BCUT2D eigenvalue weighted by molar-refractivity contribution is 0.104. The Morgan fingerprint density at radius 1 is 1.10 bits per heavy atom. The van der Waals surface area contributed by atoms with Crippen LogP contribution < -0.4 is 5.32 Å². The number of halogens is 2. The molecule has 0 aliphatic carbocycles. The number of benzene rings is 2. The number of hydrogen-bond acceptors (Lipinski definition) is 2. The third-order valence-corrected chi connectivity index (χ3v) is 3.23. The van der Waals surface area contributed by atoms with Crippen molar-refractivity contribution in [3.05, 3.63) is 82.2 Å². The smallest absolute Gasteiger partial charge is 0.187 e. The van der Waals surface area contributed by atoms with E-state index < -0.39 is 0 Å². The lowest BCUT2D eigenvalue weighted by atomic mass is 10.1. The van der Waals surface area contributed by atoms with E-state index in [9.17, 15) is 9.18 Å². The fourth-order valence-electron chi connectivity index (χ4n) is 1.62. The average Bonchev–Trinajstić information content (AvgIpc) is 2.46. The number of allylic oxidation sites excluding steroid dienone is 1. The van der Waals surface area contributed by atoms with Gasteiger partial charge in [-0.15, -0.1) is 0 Å². The SMILES string of the molecule is O=C(C=CNCc1ccc(F)cc1)c1ccc(Br)cc1. The Labute approximate surface area is 125 Å². The molecule has 0 heterocycles. The summed E-state index contributed by atoms with van der Waals surface area (Å²) < 4.78 is 13.7. The summed E-state index contributed by atoms with van der Waals surface area (Å²) in [7, 11) is 0. The van der Waals surface area contributed by atoms with Crippen molar-refractivity contribution < 1.29 is 9.18 Å². The molecular formula is C16H13BrFNO. The number of ketones is 1. The van der Waals surface area contributed by atoms with Gasteiger partial charge in [-0.2, -0.15) is 0 Å². The molecule has 1 N–H and O–H groups in total. The van der Waals surface area contributed by atoms with Crippen LogP contribution in [-0.2, 0) is 6.54 Å². The minimum absolute atomic E-state index is 0.0656. The number of carbonyl (C=O) groups excluding carboxylic acids is 1. The number of nitrogens with one attached hydrogen (secondary N) is 1. The van der Waals surface area contributed by atoms with Gasteiger partial charge >= 0.3 is 0 Å². The van der Waals surface area contributed by atoms with Crippen LogP contribution in [0.1, 0.15) is 15.9 Å². The summed E-state index contributed by atoms with van der Waals surface area (Å²) in [5, 5.41) is 3.00. The van der Waals surface area contributed by atoms with E-state index in [2.05, 4.69) is 21.2 Å². The van der Waals surface area contributed by atoms with Gasteiger partial charge in [-0.3, -0.25) is 4.79 Å². The third kappa shape index (κ3) is 4.31. The van der Waals surface area contributed by atoms with Gasteiger partial charge in [-0.05, 0) is 42.0 Å². The fourth-order valence-corrected chi connectivity index (χ4v) is 1.89. The van der Waals surface area contributed by atoms with E-state index in [0.29, 0.717) is 12.1 Å². The average molecular weight is 334 g/mol. The van der Waals surface area contributed by atoms with Gasteiger partial charge in [0.1, 0.15) is 5.82 Å². The van der Waals surface area contributed by atoms with Crippen LogP contribution in [-0.4, -0.2) is 5.78 Å². The van der Waals surface area contributed by atoms with Crippen molar-refractivity contribution in [1.82, 2.24) is 5.32 Å². The van der Waals surface area contributed by atoms with E-state index in [1.807, 2.05) is 12.1 Å². The quantitative estimate of drug-likeness (QED) is 0.660. The van der Waals surface area contributed by atoms with Crippen LogP contribution in [0.4, 0.5) is 4.39 Å². The van der Waals surface area contributed by atoms with Gasteiger partial charge in [-0.25, -0.2) is 4.39 Å². The van der Waals surface area contributed by atoms with Crippen LogP contribution >= 0.6 is 15.9 Å². The van der Waals surface area contributed by atoms with Crippen molar-refractivity contribution in [3.63, 3.8) is 0 Å². The Balaban J connectivity index is 1.85. The van der Waals surface area contributed by atoms with Crippen LogP contribution in [0.5, 0.6) is 0 Å². The van der Waals surface area contributed by atoms with Gasteiger partial charge in [0.15, 0.2) is 5.78 Å². The Bertz CT molecular complexity index is 605. The van der Waals surface area contributed by atoms with Crippen LogP contribution in [0, 0.1) is 5.82 Å². The maximum atomic E-state index is 12.7. The molecule has 2 rings (SSSR count).